The van der Waals surface area contributed by atoms with Crippen molar-refractivity contribution in [1.82, 2.24) is 19.9 Å². The molecule has 1 aliphatic heterocycles. The van der Waals surface area contributed by atoms with Gasteiger partial charge in [0, 0.05) is 23.7 Å². The van der Waals surface area contributed by atoms with Gasteiger partial charge in [-0.15, -0.1) is 11.3 Å². The van der Waals surface area contributed by atoms with E-state index in [4.69, 9.17) is 10.7 Å². The van der Waals surface area contributed by atoms with Crippen molar-refractivity contribution in [3.63, 3.8) is 0 Å². The summed E-state index contributed by atoms with van der Waals surface area (Å²) < 4.78 is 0. The van der Waals surface area contributed by atoms with Gasteiger partial charge < -0.3 is 15.6 Å². The Bertz CT molecular complexity index is 841. The second-order valence-electron chi connectivity index (χ2n) is 5.71. The van der Waals surface area contributed by atoms with Crippen LogP contribution in [0.1, 0.15) is 30.9 Å². The lowest BCUT2D eigenvalue weighted by molar-refractivity contribution is 0.160. The van der Waals surface area contributed by atoms with Crippen LogP contribution in [0, 0.1) is 0 Å². The van der Waals surface area contributed by atoms with Crippen molar-refractivity contribution < 1.29 is 4.79 Å². The minimum absolute atomic E-state index is 0.00241. The summed E-state index contributed by atoms with van der Waals surface area (Å²) in [5.74, 6) is 0.767. The molecule has 2 amide bonds. The van der Waals surface area contributed by atoms with E-state index in [9.17, 15) is 4.79 Å². The van der Waals surface area contributed by atoms with Crippen molar-refractivity contribution in [3.8, 4) is 10.8 Å². The molecule has 7 heteroatoms. The van der Waals surface area contributed by atoms with Crippen molar-refractivity contribution in [2.45, 2.75) is 25.3 Å². The molecule has 1 saturated heterocycles. The number of urea groups is 1. The molecule has 1 unspecified atom stereocenters. The molecule has 3 aromatic rings. The molecule has 0 radical (unpaired) electrons. The lowest BCUT2D eigenvalue weighted by Crippen LogP contribution is -2.41. The normalized spacial score (nSPS) is 18.4. The van der Waals surface area contributed by atoms with Gasteiger partial charge >= 0.3 is 6.03 Å². The highest BCUT2D eigenvalue weighted by Gasteiger charge is 2.28. The number of fused-ring (bicyclic) bond motifs is 1. The number of nitrogens with two attached hydrogens (primary N) is 1. The number of amides is 2. The summed E-state index contributed by atoms with van der Waals surface area (Å²) in [5, 5.41) is 2.79. The zero-order valence-electron chi connectivity index (χ0n) is 12.5. The molecule has 6 nitrogen and oxygen atoms in total. The fourth-order valence-corrected chi connectivity index (χ4v) is 3.86. The number of benzene rings is 1. The summed E-state index contributed by atoms with van der Waals surface area (Å²) in [6, 6.07) is 5.68. The summed E-state index contributed by atoms with van der Waals surface area (Å²) in [6.07, 6.45) is 4.78. The summed E-state index contributed by atoms with van der Waals surface area (Å²) >= 11 is 1.55. The first-order valence-corrected chi connectivity index (χ1v) is 8.56. The molecule has 4 rings (SSSR count). The van der Waals surface area contributed by atoms with Crippen LogP contribution in [0.5, 0.6) is 0 Å². The van der Waals surface area contributed by atoms with Crippen LogP contribution in [0.2, 0.25) is 0 Å². The molecule has 1 atom stereocenters. The van der Waals surface area contributed by atoms with E-state index in [1.54, 1.807) is 22.4 Å². The highest BCUT2D eigenvalue weighted by Crippen LogP contribution is 2.35. The van der Waals surface area contributed by atoms with Gasteiger partial charge in [-0.25, -0.2) is 14.8 Å². The Hall–Kier alpha value is -2.41. The highest BCUT2D eigenvalue weighted by molar-refractivity contribution is 7.13. The molecule has 23 heavy (non-hydrogen) atoms. The predicted molar refractivity (Wildman–Crippen MR) is 90.1 cm³/mol. The number of nitrogens with zero attached hydrogens (tertiary/aromatic N) is 3. The van der Waals surface area contributed by atoms with Crippen molar-refractivity contribution in [1.29, 1.82) is 0 Å². The molecule has 2 aromatic heterocycles. The van der Waals surface area contributed by atoms with Crippen molar-refractivity contribution in [3.05, 3.63) is 35.3 Å². The fourth-order valence-electron chi connectivity index (χ4n) is 3.28. The summed E-state index contributed by atoms with van der Waals surface area (Å²) in [4.78, 5) is 25.9. The van der Waals surface area contributed by atoms with Crippen molar-refractivity contribution in [2.24, 2.45) is 5.73 Å². The Morgan fingerprint density at radius 2 is 2.30 bits per heavy atom. The topological polar surface area (TPSA) is 87.9 Å². The number of primary amides is 1. The molecule has 0 saturated carbocycles. The number of imidazole rings is 1. The molecular formula is C16H17N5OS. The molecule has 1 aromatic carbocycles. The first kappa shape index (κ1) is 14.2. The van der Waals surface area contributed by atoms with E-state index in [1.807, 2.05) is 23.6 Å². The third-order valence-electron chi connectivity index (χ3n) is 4.32. The number of hydrogen-bond acceptors (Lipinski definition) is 4. The third kappa shape index (κ3) is 2.46. The monoisotopic (exact) mass is 327 g/mol. The van der Waals surface area contributed by atoms with Gasteiger partial charge in [0.1, 0.15) is 0 Å². The number of rotatable bonds is 2. The molecule has 1 fully saturated rings. The smallest absolute Gasteiger partial charge is 0.315 e. The van der Waals surface area contributed by atoms with Crippen LogP contribution >= 0.6 is 11.3 Å². The Balaban J connectivity index is 1.81. The van der Waals surface area contributed by atoms with E-state index in [-0.39, 0.29) is 12.1 Å². The first-order chi connectivity index (χ1) is 11.2. The van der Waals surface area contributed by atoms with Gasteiger partial charge in [0.15, 0.2) is 10.8 Å². The number of H-pyrrole nitrogens is 1. The van der Waals surface area contributed by atoms with Crippen LogP contribution in [-0.4, -0.2) is 32.4 Å². The molecular weight excluding hydrogens is 310 g/mol. The molecule has 1 aliphatic rings. The molecule has 3 N–H and O–H groups in total. The average molecular weight is 327 g/mol. The minimum Gasteiger partial charge on any atom is -0.351 e. The Labute approximate surface area is 137 Å². The predicted octanol–water partition coefficient (Wildman–Crippen LogP) is 3.29. The van der Waals surface area contributed by atoms with E-state index in [0.29, 0.717) is 6.54 Å². The summed E-state index contributed by atoms with van der Waals surface area (Å²) in [5.41, 5.74) is 8.49. The van der Waals surface area contributed by atoms with Gasteiger partial charge in [-0.05, 0) is 25.3 Å². The SMILES string of the molecule is NC(=O)N1CCCCC1c1cccc2[nH]c(-c3nccs3)nc12. The number of likely N-dealkylation sites (tertiary alicyclic amines) is 1. The molecule has 0 bridgehead atoms. The average Bonchev–Trinajstić information content (AvgIpc) is 3.23. The standard InChI is InChI=1S/C16H17N5OS/c17-16(22)21-8-2-1-6-12(21)10-4-3-5-11-13(10)20-14(19-11)15-18-7-9-23-15/h3-5,7,9,12H,1-2,6,8H2,(H2,17,22)(H,19,20). The quantitative estimate of drug-likeness (QED) is 0.757. The Morgan fingerprint density at radius 3 is 3.09 bits per heavy atom. The largest absolute Gasteiger partial charge is 0.351 e. The number of carbonyl (C=O) groups is 1. The third-order valence-corrected chi connectivity index (χ3v) is 5.10. The lowest BCUT2D eigenvalue weighted by Gasteiger charge is -2.34. The van der Waals surface area contributed by atoms with Crippen LogP contribution in [-0.2, 0) is 0 Å². The van der Waals surface area contributed by atoms with E-state index < -0.39 is 0 Å². The van der Waals surface area contributed by atoms with Crippen molar-refractivity contribution >= 4 is 28.4 Å². The number of para-hydroxylation sites is 1. The zero-order valence-corrected chi connectivity index (χ0v) is 13.3. The van der Waals surface area contributed by atoms with E-state index in [1.165, 1.54) is 0 Å². The second kappa shape index (κ2) is 5.66. The number of aromatic amines is 1. The summed E-state index contributed by atoms with van der Waals surface area (Å²) in [6.45, 7) is 0.708. The zero-order chi connectivity index (χ0) is 15.8. The van der Waals surface area contributed by atoms with Crippen LogP contribution in [0.25, 0.3) is 21.9 Å². The first-order valence-electron chi connectivity index (χ1n) is 7.68. The number of carbonyl (C=O) groups excluding carboxylic acids is 1. The Kier molecular flexibility index (Phi) is 3.49. The molecule has 0 aliphatic carbocycles. The lowest BCUT2D eigenvalue weighted by atomic mass is 9.94. The number of hydrogen-bond donors (Lipinski definition) is 2. The van der Waals surface area contributed by atoms with Gasteiger partial charge in [0.05, 0.1) is 17.1 Å². The van der Waals surface area contributed by atoms with E-state index in [0.717, 1.165) is 46.7 Å². The van der Waals surface area contributed by atoms with Gasteiger partial charge in [-0.2, -0.15) is 0 Å². The maximum atomic E-state index is 11.8. The van der Waals surface area contributed by atoms with Gasteiger partial charge in [0.25, 0.3) is 0 Å². The van der Waals surface area contributed by atoms with Crippen molar-refractivity contribution in [2.75, 3.05) is 6.54 Å². The number of aromatic nitrogens is 3. The van der Waals surface area contributed by atoms with E-state index in [2.05, 4.69) is 9.97 Å². The van der Waals surface area contributed by atoms with Crippen LogP contribution in [0.4, 0.5) is 4.79 Å². The summed E-state index contributed by atoms with van der Waals surface area (Å²) in [7, 11) is 0. The van der Waals surface area contributed by atoms with Gasteiger partial charge in [0.2, 0.25) is 0 Å². The minimum atomic E-state index is -0.359. The fraction of sp³-hybridized carbons (Fsp3) is 0.312. The van der Waals surface area contributed by atoms with Crippen LogP contribution < -0.4 is 5.73 Å². The Morgan fingerprint density at radius 1 is 1.39 bits per heavy atom. The van der Waals surface area contributed by atoms with Gasteiger partial charge in [-0.3, -0.25) is 0 Å². The van der Waals surface area contributed by atoms with Crippen LogP contribution in [0.15, 0.2) is 29.8 Å². The highest BCUT2D eigenvalue weighted by atomic mass is 32.1. The van der Waals surface area contributed by atoms with Crippen LogP contribution in [0.3, 0.4) is 0 Å². The molecule has 0 spiro atoms. The second-order valence-corrected chi connectivity index (χ2v) is 6.60. The molecule has 118 valence electrons. The number of nitrogens with one attached hydrogen (secondary N) is 1. The van der Waals surface area contributed by atoms with Gasteiger partial charge in [-0.1, -0.05) is 12.1 Å². The van der Waals surface area contributed by atoms with E-state index >= 15 is 0 Å². The number of piperidine rings is 1. The maximum Gasteiger partial charge on any atom is 0.315 e. The number of thiazole rings is 1. The molecule has 3 heterocycles. The maximum absolute atomic E-state index is 11.8.